The van der Waals surface area contributed by atoms with Crippen LogP contribution >= 0.6 is 23.2 Å². The number of aliphatic hydroxyl groups is 3. The van der Waals surface area contributed by atoms with Crippen LogP contribution in [0.15, 0.2) is 202 Å². The molecule has 0 atom stereocenters. The molecule has 0 spiro atoms. The molecule has 16 aromatic rings. The lowest BCUT2D eigenvalue weighted by molar-refractivity contribution is 0.143. The van der Waals surface area contributed by atoms with Crippen molar-refractivity contribution in [2.45, 2.75) is 38.7 Å². The SMILES string of the molecule is COc1cc(N(CCCO)c2ccc3ncc(-c4cnn(C)c4)nc3c2)cc(F)c1F.COc1cc(OC)c(Cl)c(N(CCO)c2ccc3ncc(-c4cnn(C)c4)nc3c2)c1Cl.COc1cc(OC)cc(N(CC#CC(C)(C)O)c2ccc3ncc(-c4cnn(C)c4)nc3c2)c1.COc1cc(OC)cc(N(CCCNCC(F)F)c2ccc3ncc(-c4cnn(C)c4)nc3c2)c1. The van der Waals surface area contributed by atoms with Gasteiger partial charge in [0, 0.05) is 196 Å². The number of halogens is 6. The molecule has 0 radical (unpaired) electrons. The minimum Gasteiger partial charge on any atom is -0.497 e. The number of benzene rings is 8. The van der Waals surface area contributed by atoms with E-state index in [2.05, 4.69) is 62.4 Å². The summed E-state index contributed by atoms with van der Waals surface area (Å²) >= 11 is 13.2. The van der Waals surface area contributed by atoms with Crippen molar-refractivity contribution in [3.05, 3.63) is 223 Å². The highest BCUT2D eigenvalue weighted by Crippen LogP contribution is 2.49. The van der Waals surface area contributed by atoms with E-state index in [4.69, 9.17) is 76.3 Å². The normalized spacial score (nSPS) is 11.1. The highest BCUT2D eigenvalue weighted by atomic mass is 35.5. The fraction of sp³-hybridized carbons (Fsp3) is 0.263. The first-order valence-electron chi connectivity index (χ1n) is 41.3. The van der Waals surface area contributed by atoms with Crippen molar-refractivity contribution in [2.24, 2.45) is 28.2 Å². The quantitative estimate of drug-likeness (QED) is 0.0178. The van der Waals surface area contributed by atoms with Crippen LogP contribution in [0.3, 0.4) is 0 Å². The Morgan fingerprint density at radius 1 is 0.409 bits per heavy atom. The zero-order valence-electron chi connectivity index (χ0n) is 74.6. The molecule has 31 nitrogen and oxygen atoms in total. The molecule has 0 unspecified atom stereocenters. The molecule has 0 aliphatic carbocycles. The Balaban J connectivity index is 0.000000150. The van der Waals surface area contributed by atoms with Gasteiger partial charge in [0.2, 0.25) is 5.82 Å². The van der Waals surface area contributed by atoms with Crippen molar-refractivity contribution >= 4 is 113 Å². The maximum absolute atomic E-state index is 14.2. The molecule has 16 rings (SSSR count). The van der Waals surface area contributed by atoms with Crippen molar-refractivity contribution in [3.63, 3.8) is 0 Å². The summed E-state index contributed by atoms with van der Waals surface area (Å²) in [7, 11) is 18.1. The summed E-state index contributed by atoms with van der Waals surface area (Å²) in [6.45, 7) is 4.80. The standard InChI is InChI=1S/C26H27N5O3.C25H28F2N6O2.C22H21Cl2N5O3.C22H21F2N5O2/c1-26(2,32)9-6-10-31(20-11-21(33-4)14-22(12-20)34-5)19-7-8-23-24(13-19)29-25(16-27-23)18-15-28-30(3)17-18;1-32-16-17(13-30-32)24-14-29-22-6-5-18(11-23(22)31-24)33(8-4-7-28-15-25(26)27)19-9-20(34-2)12-21(10-19)35-3;1-28-12-13(10-26-28)17-11-25-15-5-4-14(8-16(15)27-17)29(6-7-30)22-20(23)18(31-2)9-19(32-3)21(22)24;1-28-13-14(11-26-28)20-12-25-18-5-4-15(9-19(18)27-20)29(6-3-7-30)16-8-17(23)22(24)21(10-16)31-2/h7-8,11-17,32H,10H2,1-5H3;5-6,9-14,16,25,28H,4,7-8,15H2,1-3H3;4-5,8-12,30H,6-7H2,1-3H3;4-5,8-13,30H,3,6-7H2,1-2H3. The first kappa shape index (κ1) is 95.1. The number of rotatable bonds is 31. The zero-order valence-corrected chi connectivity index (χ0v) is 76.1. The van der Waals surface area contributed by atoms with Gasteiger partial charge in [0.15, 0.2) is 11.6 Å². The van der Waals surface area contributed by atoms with Crippen LogP contribution < -0.4 is 58.1 Å². The number of fused-ring (bicyclic) bond motifs is 4. The number of ether oxygens (including phenoxy) is 7. The molecule has 8 heterocycles. The van der Waals surface area contributed by atoms with Crippen LogP contribution in [0.5, 0.6) is 40.2 Å². The van der Waals surface area contributed by atoms with Crippen LogP contribution in [0.1, 0.15) is 26.7 Å². The van der Waals surface area contributed by atoms with Crippen LogP contribution in [0.25, 0.3) is 89.2 Å². The maximum Gasteiger partial charge on any atom is 0.250 e. The lowest BCUT2D eigenvalue weighted by Gasteiger charge is -2.28. The maximum atomic E-state index is 14.2. The first-order valence-corrected chi connectivity index (χ1v) is 42.1. The molecule has 0 saturated carbocycles. The minimum atomic E-state index is -2.37. The topological polar surface area (TPSA) is 325 Å². The summed E-state index contributed by atoms with van der Waals surface area (Å²) in [6, 6.07) is 38.2. The molecule has 4 N–H and O–H groups in total. The number of anilines is 8. The Kier molecular flexibility index (Phi) is 31.5. The van der Waals surface area contributed by atoms with Crippen LogP contribution in [0, 0.1) is 23.5 Å². The van der Waals surface area contributed by atoms with E-state index in [1.165, 1.54) is 27.4 Å². The average Bonchev–Trinajstić information content (AvgIpc) is 1.16. The predicted molar refractivity (Wildman–Crippen MR) is 503 cm³/mol. The third kappa shape index (κ3) is 23.5. The molecule has 132 heavy (non-hydrogen) atoms. The smallest absolute Gasteiger partial charge is 0.250 e. The van der Waals surface area contributed by atoms with Gasteiger partial charge in [-0.05, 0) is 106 Å². The molecule has 8 aromatic carbocycles. The fourth-order valence-corrected chi connectivity index (χ4v) is 14.8. The van der Waals surface area contributed by atoms with E-state index in [-0.39, 0.29) is 32.1 Å². The Morgan fingerprint density at radius 3 is 1.10 bits per heavy atom. The largest absolute Gasteiger partial charge is 0.497 e. The second kappa shape index (κ2) is 43.7. The van der Waals surface area contributed by atoms with Gasteiger partial charge in [-0.25, -0.2) is 33.1 Å². The number of nitrogens with zero attached hydrogens (tertiary/aromatic N) is 20. The van der Waals surface area contributed by atoms with Crippen LogP contribution in [-0.4, -0.2) is 209 Å². The molecule has 0 bridgehead atoms. The number of alkyl halides is 2. The predicted octanol–water partition coefficient (Wildman–Crippen LogP) is 16.7. The molecule has 0 fully saturated rings. The lowest BCUT2D eigenvalue weighted by Crippen LogP contribution is -2.26. The summed E-state index contributed by atoms with van der Waals surface area (Å²) in [5.74, 6) is 7.16. The number of aliphatic hydroxyl groups excluding tert-OH is 2. The van der Waals surface area contributed by atoms with Gasteiger partial charge in [-0.15, -0.1) is 0 Å². The number of hydrogen-bond donors (Lipinski definition) is 4. The Morgan fingerprint density at radius 2 is 0.765 bits per heavy atom. The third-order valence-electron chi connectivity index (χ3n) is 20.5. The zero-order chi connectivity index (χ0) is 93.9. The number of nitrogens with one attached hydrogen (secondary N) is 1. The summed E-state index contributed by atoms with van der Waals surface area (Å²) in [5, 5.41) is 49.4. The van der Waals surface area contributed by atoms with Gasteiger partial charge in [-0.1, -0.05) is 35.0 Å². The monoisotopic (exact) mass is 1840 g/mol. The molecule has 0 saturated heterocycles. The highest BCUT2D eigenvalue weighted by molar-refractivity contribution is 6.41. The van der Waals surface area contributed by atoms with E-state index in [1.54, 1.807) is 133 Å². The van der Waals surface area contributed by atoms with Gasteiger partial charge in [-0.3, -0.25) is 38.7 Å². The van der Waals surface area contributed by atoms with Crippen LogP contribution in [-0.2, 0) is 28.2 Å². The van der Waals surface area contributed by atoms with Gasteiger partial charge >= 0.3 is 0 Å². The van der Waals surface area contributed by atoms with Crippen molar-refractivity contribution in [1.82, 2.24) is 84.3 Å². The van der Waals surface area contributed by atoms with Gasteiger partial charge < -0.3 is 73.4 Å². The molecule has 684 valence electrons. The molecular weight excluding hydrogens is 1740 g/mol. The van der Waals surface area contributed by atoms with E-state index in [0.717, 1.165) is 95.7 Å². The van der Waals surface area contributed by atoms with Gasteiger partial charge in [0.05, 0.1) is 192 Å². The Bertz CT molecular complexity index is 6700. The number of aromatic nitrogens is 16. The van der Waals surface area contributed by atoms with Crippen LogP contribution in [0.4, 0.5) is 63.1 Å². The first-order chi connectivity index (χ1) is 63.7. The van der Waals surface area contributed by atoms with Gasteiger partial charge in [0.25, 0.3) is 6.43 Å². The molecule has 37 heteroatoms. The van der Waals surface area contributed by atoms with Crippen molar-refractivity contribution in [1.29, 1.82) is 0 Å². The molecule has 8 aromatic heterocycles. The summed E-state index contributed by atoms with van der Waals surface area (Å²) < 4.78 is 97.6. The summed E-state index contributed by atoms with van der Waals surface area (Å²) in [4.78, 5) is 44.9. The van der Waals surface area contributed by atoms with Crippen molar-refractivity contribution in [3.8, 4) is 97.1 Å². The van der Waals surface area contributed by atoms with E-state index in [1.807, 2.05) is 161 Å². The van der Waals surface area contributed by atoms with E-state index in [9.17, 15) is 32.9 Å². The molecule has 0 aliphatic rings. The highest BCUT2D eigenvalue weighted by Gasteiger charge is 2.26. The third-order valence-corrected chi connectivity index (χ3v) is 21.2. The second-order valence-electron chi connectivity index (χ2n) is 30.3. The van der Waals surface area contributed by atoms with Crippen LogP contribution in [0.2, 0.25) is 10.0 Å². The molecular formula is C95H97Cl2F4N21O10. The van der Waals surface area contributed by atoms with Gasteiger partial charge in [-0.2, -0.15) is 24.8 Å². The van der Waals surface area contributed by atoms with E-state index in [0.29, 0.717) is 129 Å². The average molecular weight is 1840 g/mol. The number of aryl methyl sites for hydroxylation is 4. The number of hydrogen-bond acceptors (Lipinski definition) is 27. The fourth-order valence-electron chi connectivity index (χ4n) is 14.1. The summed E-state index contributed by atoms with van der Waals surface area (Å²) in [6.07, 6.45) is 20.1. The lowest BCUT2D eigenvalue weighted by atomic mass is 10.1. The summed E-state index contributed by atoms with van der Waals surface area (Å²) in [5.41, 5.74) is 16.7. The Labute approximate surface area is 768 Å². The van der Waals surface area contributed by atoms with Crippen molar-refractivity contribution in [2.75, 3.05) is 122 Å². The van der Waals surface area contributed by atoms with Gasteiger partial charge in [0.1, 0.15) is 50.1 Å². The minimum absolute atomic E-state index is 0.0458. The Hall–Kier alpha value is -14.5. The van der Waals surface area contributed by atoms with E-state index < -0.39 is 23.7 Å². The molecule has 0 amide bonds. The van der Waals surface area contributed by atoms with E-state index >= 15 is 0 Å². The van der Waals surface area contributed by atoms with Crippen molar-refractivity contribution < 1.29 is 66.0 Å². The second-order valence-corrected chi connectivity index (χ2v) is 31.1. The number of methoxy groups -OCH3 is 7. The molecule has 0 aliphatic heterocycles.